The van der Waals surface area contributed by atoms with E-state index in [9.17, 15) is 4.79 Å². The van der Waals surface area contributed by atoms with Crippen molar-refractivity contribution in [3.05, 3.63) is 53.1 Å². The smallest absolute Gasteiger partial charge is 0.319 e. The molecule has 0 aliphatic carbocycles. The van der Waals surface area contributed by atoms with Crippen molar-refractivity contribution in [3.8, 4) is 11.5 Å². The maximum atomic E-state index is 12.1. The molecule has 23 heavy (non-hydrogen) atoms. The van der Waals surface area contributed by atoms with E-state index in [4.69, 9.17) is 21.1 Å². The highest BCUT2D eigenvalue weighted by atomic mass is 35.5. The summed E-state index contributed by atoms with van der Waals surface area (Å²) in [6.45, 7) is 1.86. The van der Waals surface area contributed by atoms with Crippen LogP contribution < -0.4 is 20.1 Å². The van der Waals surface area contributed by atoms with Gasteiger partial charge in [0.25, 0.3) is 0 Å². The fraction of sp³-hybridized carbons (Fsp3) is 0.235. The van der Waals surface area contributed by atoms with Gasteiger partial charge in [-0.1, -0.05) is 23.7 Å². The number of hydrogen-bond acceptors (Lipinski definition) is 3. The summed E-state index contributed by atoms with van der Waals surface area (Å²) in [4.78, 5) is 12.1. The number of urea groups is 1. The Morgan fingerprint density at radius 3 is 2.52 bits per heavy atom. The highest BCUT2D eigenvalue weighted by molar-refractivity contribution is 6.33. The molecule has 0 saturated heterocycles. The molecule has 122 valence electrons. The Bertz CT molecular complexity index is 691. The highest BCUT2D eigenvalue weighted by Crippen LogP contribution is 2.29. The Kier molecular flexibility index (Phi) is 5.71. The zero-order valence-corrected chi connectivity index (χ0v) is 14.0. The van der Waals surface area contributed by atoms with E-state index in [1.165, 1.54) is 0 Å². The van der Waals surface area contributed by atoms with Crippen molar-refractivity contribution < 1.29 is 14.3 Å². The quantitative estimate of drug-likeness (QED) is 0.859. The third-order valence-electron chi connectivity index (χ3n) is 3.37. The molecule has 2 rings (SSSR count). The molecular weight excluding hydrogens is 316 g/mol. The average Bonchev–Trinajstić information content (AvgIpc) is 2.56. The zero-order valence-electron chi connectivity index (χ0n) is 13.2. The van der Waals surface area contributed by atoms with Gasteiger partial charge < -0.3 is 20.1 Å². The Labute approximate surface area is 140 Å². The molecule has 2 amide bonds. The molecule has 6 heteroatoms. The normalized spacial score (nSPS) is 11.5. The van der Waals surface area contributed by atoms with Gasteiger partial charge in [0.2, 0.25) is 0 Å². The van der Waals surface area contributed by atoms with Crippen LogP contribution in [-0.2, 0) is 0 Å². The van der Waals surface area contributed by atoms with E-state index >= 15 is 0 Å². The van der Waals surface area contributed by atoms with Crippen LogP contribution in [0.15, 0.2) is 42.5 Å². The molecule has 0 aromatic heterocycles. The van der Waals surface area contributed by atoms with Crippen LogP contribution in [-0.4, -0.2) is 20.3 Å². The molecule has 0 fully saturated rings. The number of anilines is 1. The molecule has 2 aromatic carbocycles. The highest BCUT2D eigenvalue weighted by Gasteiger charge is 2.15. The summed E-state index contributed by atoms with van der Waals surface area (Å²) in [5.74, 6) is 1.37. The molecular formula is C17H19ClN2O3. The molecule has 5 nitrogen and oxygen atoms in total. The molecule has 1 atom stereocenters. The molecule has 0 aliphatic heterocycles. The number of rotatable bonds is 5. The van der Waals surface area contributed by atoms with Crippen molar-refractivity contribution in [1.82, 2.24) is 5.32 Å². The second-order valence-corrected chi connectivity index (χ2v) is 5.32. The summed E-state index contributed by atoms with van der Waals surface area (Å²) >= 11 is 6.03. The minimum absolute atomic E-state index is 0.275. The van der Waals surface area contributed by atoms with Gasteiger partial charge in [0.1, 0.15) is 11.5 Å². The third kappa shape index (κ3) is 4.29. The van der Waals surface area contributed by atoms with E-state index in [1.807, 2.05) is 13.0 Å². The van der Waals surface area contributed by atoms with Gasteiger partial charge in [-0.05, 0) is 37.3 Å². The molecule has 0 aliphatic rings. The summed E-state index contributed by atoms with van der Waals surface area (Å²) in [6.07, 6.45) is 0. The standard InChI is InChI=1S/C17H19ClN2O3/c1-11(13-10-12(22-2)8-9-16(13)23-3)19-17(21)20-15-7-5-4-6-14(15)18/h4-11H,1-3H3,(H2,19,20,21). The average molecular weight is 335 g/mol. The van der Waals surface area contributed by atoms with Gasteiger partial charge >= 0.3 is 6.03 Å². The summed E-state index contributed by atoms with van der Waals surface area (Å²) in [6, 6.07) is 11.9. The topological polar surface area (TPSA) is 59.6 Å². The number of methoxy groups -OCH3 is 2. The van der Waals surface area contributed by atoms with E-state index in [0.717, 1.165) is 5.56 Å². The number of carbonyl (C=O) groups excluding carboxylic acids is 1. The number of amides is 2. The second kappa shape index (κ2) is 7.74. The fourth-order valence-electron chi connectivity index (χ4n) is 2.17. The predicted octanol–water partition coefficient (Wildman–Crippen LogP) is 4.24. The first-order valence-corrected chi connectivity index (χ1v) is 7.47. The molecule has 0 bridgehead atoms. The van der Waals surface area contributed by atoms with Crippen LogP contribution in [0.25, 0.3) is 0 Å². The van der Waals surface area contributed by atoms with Crippen molar-refractivity contribution in [2.24, 2.45) is 0 Å². The van der Waals surface area contributed by atoms with Crippen molar-refractivity contribution in [2.75, 3.05) is 19.5 Å². The number of halogens is 1. The SMILES string of the molecule is COc1ccc(OC)c(C(C)NC(=O)Nc2ccccc2Cl)c1. The lowest BCUT2D eigenvalue weighted by Gasteiger charge is -2.18. The monoisotopic (exact) mass is 334 g/mol. The molecule has 2 N–H and O–H groups in total. The minimum atomic E-state index is -0.351. The van der Waals surface area contributed by atoms with Gasteiger partial charge in [0.15, 0.2) is 0 Å². The van der Waals surface area contributed by atoms with E-state index < -0.39 is 0 Å². The lowest BCUT2D eigenvalue weighted by Crippen LogP contribution is -2.31. The van der Waals surface area contributed by atoms with Crippen LogP contribution in [0.5, 0.6) is 11.5 Å². The van der Waals surface area contributed by atoms with E-state index in [-0.39, 0.29) is 12.1 Å². The first kappa shape index (κ1) is 17.0. The molecule has 1 unspecified atom stereocenters. The number of para-hydroxylation sites is 1. The number of carbonyl (C=O) groups is 1. The molecule has 0 heterocycles. The van der Waals surface area contributed by atoms with Gasteiger partial charge in [0, 0.05) is 5.56 Å². The van der Waals surface area contributed by atoms with Crippen LogP contribution in [0.4, 0.5) is 10.5 Å². The Morgan fingerprint density at radius 2 is 1.87 bits per heavy atom. The van der Waals surface area contributed by atoms with Crippen molar-refractivity contribution in [2.45, 2.75) is 13.0 Å². The van der Waals surface area contributed by atoms with E-state index in [2.05, 4.69) is 10.6 Å². The largest absolute Gasteiger partial charge is 0.497 e. The van der Waals surface area contributed by atoms with E-state index in [1.54, 1.807) is 50.6 Å². The summed E-state index contributed by atoms with van der Waals surface area (Å²) in [7, 11) is 3.18. The van der Waals surface area contributed by atoms with Crippen LogP contribution >= 0.6 is 11.6 Å². The van der Waals surface area contributed by atoms with E-state index in [0.29, 0.717) is 22.2 Å². The lowest BCUT2D eigenvalue weighted by molar-refractivity contribution is 0.249. The predicted molar refractivity (Wildman–Crippen MR) is 91.6 cm³/mol. The minimum Gasteiger partial charge on any atom is -0.497 e. The Balaban J connectivity index is 2.10. The maximum absolute atomic E-state index is 12.1. The lowest BCUT2D eigenvalue weighted by atomic mass is 10.1. The first-order valence-electron chi connectivity index (χ1n) is 7.09. The fourth-order valence-corrected chi connectivity index (χ4v) is 2.36. The van der Waals surface area contributed by atoms with Gasteiger partial charge in [-0.2, -0.15) is 0 Å². The summed E-state index contributed by atoms with van der Waals surface area (Å²) in [5.41, 5.74) is 1.37. The summed E-state index contributed by atoms with van der Waals surface area (Å²) < 4.78 is 10.6. The number of hydrogen-bond donors (Lipinski definition) is 2. The molecule has 0 radical (unpaired) electrons. The van der Waals surface area contributed by atoms with Crippen molar-refractivity contribution >= 4 is 23.3 Å². The van der Waals surface area contributed by atoms with Gasteiger partial charge in [-0.15, -0.1) is 0 Å². The van der Waals surface area contributed by atoms with Gasteiger partial charge in [0.05, 0.1) is 31.0 Å². The third-order valence-corrected chi connectivity index (χ3v) is 3.70. The Hall–Kier alpha value is -2.40. The molecule has 0 saturated carbocycles. The summed E-state index contributed by atoms with van der Waals surface area (Å²) in [5, 5.41) is 6.06. The van der Waals surface area contributed by atoms with Crippen molar-refractivity contribution in [1.29, 1.82) is 0 Å². The van der Waals surface area contributed by atoms with Crippen LogP contribution in [0, 0.1) is 0 Å². The van der Waals surface area contributed by atoms with Crippen LogP contribution in [0.3, 0.4) is 0 Å². The number of benzene rings is 2. The van der Waals surface area contributed by atoms with Crippen LogP contribution in [0.2, 0.25) is 5.02 Å². The zero-order chi connectivity index (χ0) is 16.8. The Morgan fingerprint density at radius 1 is 1.13 bits per heavy atom. The number of nitrogens with one attached hydrogen (secondary N) is 2. The number of ether oxygens (including phenoxy) is 2. The molecule has 0 spiro atoms. The van der Waals surface area contributed by atoms with Gasteiger partial charge in [-0.3, -0.25) is 0 Å². The van der Waals surface area contributed by atoms with Crippen LogP contribution in [0.1, 0.15) is 18.5 Å². The second-order valence-electron chi connectivity index (χ2n) is 4.91. The first-order chi connectivity index (χ1) is 11.0. The van der Waals surface area contributed by atoms with Gasteiger partial charge in [-0.25, -0.2) is 4.79 Å². The molecule has 2 aromatic rings. The maximum Gasteiger partial charge on any atom is 0.319 e. The van der Waals surface area contributed by atoms with Crippen molar-refractivity contribution in [3.63, 3.8) is 0 Å².